The van der Waals surface area contributed by atoms with Crippen molar-refractivity contribution in [1.82, 2.24) is 0 Å². The minimum atomic E-state index is -0.671. The van der Waals surface area contributed by atoms with Gasteiger partial charge in [-0.15, -0.1) is 0 Å². The molecule has 0 amide bonds. The molecule has 4 heteroatoms. The van der Waals surface area contributed by atoms with Crippen LogP contribution in [-0.4, -0.2) is 34.0 Å². The van der Waals surface area contributed by atoms with Gasteiger partial charge in [0.2, 0.25) is 0 Å². The van der Waals surface area contributed by atoms with E-state index in [1.165, 1.54) is 44.9 Å². The van der Waals surface area contributed by atoms with Crippen molar-refractivity contribution in [1.29, 1.82) is 0 Å². The smallest absolute Gasteiger partial charge is 0.303 e. The lowest BCUT2D eigenvalue weighted by Crippen LogP contribution is -2.10. The van der Waals surface area contributed by atoms with Gasteiger partial charge in [-0.25, -0.2) is 0 Å². The van der Waals surface area contributed by atoms with Crippen molar-refractivity contribution in [2.75, 3.05) is 6.61 Å². The number of unbranched alkanes of at least 4 members (excludes halogenated alkanes) is 9. The fourth-order valence-electron chi connectivity index (χ4n) is 2.62. The summed E-state index contributed by atoms with van der Waals surface area (Å²) in [6.45, 7) is 4.20. The molecule has 0 heterocycles. The lowest BCUT2D eigenvalue weighted by Gasteiger charge is -2.02. The third-order valence-corrected chi connectivity index (χ3v) is 4.44. The lowest BCUT2D eigenvalue weighted by atomic mass is 10.1. The Morgan fingerprint density at radius 1 is 0.786 bits per heavy atom. The van der Waals surface area contributed by atoms with E-state index in [4.69, 9.17) is 15.3 Å². The zero-order chi connectivity index (χ0) is 21.3. The minimum absolute atomic E-state index is 0.0972. The van der Waals surface area contributed by atoms with E-state index in [0.717, 1.165) is 44.9 Å². The molecule has 0 spiro atoms. The summed E-state index contributed by atoms with van der Waals surface area (Å²) < 4.78 is 0. The summed E-state index contributed by atoms with van der Waals surface area (Å²) in [5.74, 6) is -0.671. The number of hydrogen-bond acceptors (Lipinski definition) is 3. The van der Waals surface area contributed by atoms with Gasteiger partial charge in [-0.05, 0) is 44.9 Å². The Morgan fingerprint density at radius 2 is 1.32 bits per heavy atom. The number of aliphatic hydroxyl groups is 2. The predicted octanol–water partition coefficient (Wildman–Crippen LogP) is 6.41. The van der Waals surface area contributed by atoms with Crippen molar-refractivity contribution in [3.8, 4) is 0 Å². The van der Waals surface area contributed by atoms with Crippen LogP contribution in [0.2, 0.25) is 0 Å². The first-order chi connectivity index (χ1) is 13.6. The van der Waals surface area contributed by atoms with Crippen LogP contribution in [0.5, 0.6) is 0 Å². The first-order valence-electron chi connectivity index (χ1n) is 11.4. The molecule has 1 unspecified atom stereocenters. The van der Waals surface area contributed by atoms with Crippen LogP contribution in [0.25, 0.3) is 0 Å². The number of aliphatic hydroxyl groups excluding tert-OH is 2. The van der Waals surface area contributed by atoms with Crippen molar-refractivity contribution in [2.24, 2.45) is 0 Å². The van der Waals surface area contributed by atoms with Gasteiger partial charge in [-0.3, -0.25) is 4.79 Å². The summed E-state index contributed by atoms with van der Waals surface area (Å²) >= 11 is 0. The maximum absolute atomic E-state index is 10.3. The van der Waals surface area contributed by atoms with Crippen LogP contribution in [0.3, 0.4) is 0 Å². The summed E-state index contributed by atoms with van der Waals surface area (Å²) in [7, 11) is 0. The van der Waals surface area contributed by atoms with Gasteiger partial charge in [-0.2, -0.15) is 0 Å². The molecule has 0 rings (SSSR count). The van der Waals surface area contributed by atoms with Gasteiger partial charge in [0.25, 0.3) is 0 Å². The summed E-state index contributed by atoms with van der Waals surface area (Å²) in [5.41, 5.74) is 0. The molecule has 0 saturated heterocycles. The highest BCUT2D eigenvalue weighted by atomic mass is 16.4. The molecule has 0 bridgehead atoms. The second-order valence-electron chi connectivity index (χ2n) is 7.35. The van der Waals surface area contributed by atoms with Crippen LogP contribution >= 0.6 is 0 Å². The molecular weight excluding hydrogens is 352 g/mol. The zero-order valence-corrected chi connectivity index (χ0v) is 18.5. The summed E-state index contributed by atoms with van der Waals surface area (Å²) in [4.78, 5) is 10.3. The normalized spacial score (nSPS) is 12.3. The SMILES string of the molecule is CCCCC(O)CO.CCCCCC=CCC=CCCCCCCCC(=O)O. The van der Waals surface area contributed by atoms with E-state index in [1.54, 1.807) is 0 Å². The topological polar surface area (TPSA) is 77.8 Å². The zero-order valence-electron chi connectivity index (χ0n) is 18.5. The number of carboxylic acid groups (broad SMARTS) is 1. The predicted molar refractivity (Wildman–Crippen MR) is 120 cm³/mol. The van der Waals surface area contributed by atoms with Gasteiger partial charge in [0, 0.05) is 6.42 Å². The van der Waals surface area contributed by atoms with Gasteiger partial charge in [0.15, 0.2) is 0 Å². The molecule has 3 N–H and O–H groups in total. The molecule has 0 saturated carbocycles. The molecule has 4 nitrogen and oxygen atoms in total. The molecule has 28 heavy (non-hydrogen) atoms. The van der Waals surface area contributed by atoms with E-state index in [0.29, 0.717) is 6.42 Å². The molecule has 0 aliphatic rings. The fraction of sp³-hybridized carbons (Fsp3) is 0.792. The van der Waals surface area contributed by atoms with Crippen molar-refractivity contribution in [2.45, 2.75) is 116 Å². The van der Waals surface area contributed by atoms with Gasteiger partial charge >= 0.3 is 5.97 Å². The molecule has 0 radical (unpaired) electrons. The fourth-order valence-corrected chi connectivity index (χ4v) is 2.62. The van der Waals surface area contributed by atoms with Crippen LogP contribution in [0.4, 0.5) is 0 Å². The monoisotopic (exact) mass is 398 g/mol. The van der Waals surface area contributed by atoms with Crippen LogP contribution in [0.15, 0.2) is 24.3 Å². The number of aliphatic carboxylic acids is 1. The average Bonchev–Trinajstić information content (AvgIpc) is 2.69. The lowest BCUT2D eigenvalue weighted by molar-refractivity contribution is -0.137. The molecule has 0 aromatic rings. The maximum atomic E-state index is 10.3. The standard InChI is InChI=1S/C18H32O2.C6H14O2/c1-2-3-4-5-6-7-8-9-10-11-12-13-14-15-16-17-18(19)20;1-2-3-4-6(8)5-7/h6-7,9-10H,2-5,8,11-17H2,1H3,(H,19,20);6-8H,2-5H2,1H3. The van der Waals surface area contributed by atoms with Gasteiger partial charge < -0.3 is 15.3 Å². The van der Waals surface area contributed by atoms with Crippen molar-refractivity contribution < 1.29 is 20.1 Å². The Labute approximate surface area is 173 Å². The Kier molecular flexibility index (Phi) is 26.9. The third-order valence-electron chi connectivity index (χ3n) is 4.44. The number of allylic oxidation sites excluding steroid dienone is 4. The largest absolute Gasteiger partial charge is 0.481 e. The van der Waals surface area contributed by atoms with E-state index in [1.807, 2.05) is 0 Å². The van der Waals surface area contributed by atoms with E-state index >= 15 is 0 Å². The molecular formula is C24H46O4. The first-order valence-corrected chi connectivity index (χ1v) is 11.4. The highest BCUT2D eigenvalue weighted by Gasteiger charge is 1.98. The molecule has 0 fully saturated rings. The second kappa shape index (κ2) is 25.9. The minimum Gasteiger partial charge on any atom is -0.481 e. The maximum Gasteiger partial charge on any atom is 0.303 e. The van der Waals surface area contributed by atoms with Gasteiger partial charge in [0.1, 0.15) is 0 Å². The quantitative estimate of drug-likeness (QED) is 0.184. The summed E-state index contributed by atoms with van der Waals surface area (Å²) in [5, 5.41) is 25.6. The second-order valence-corrected chi connectivity index (χ2v) is 7.35. The van der Waals surface area contributed by atoms with E-state index < -0.39 is 12.1 Å². The highest BCUT2D eigenvalue weighted by molar-refractivity contribution is 5.66. The molecule has 166 valence electrons. The van der Waals surface area contributed by atoms with Crippen LogP contribution in [0, 0.1) is 0 Å². The number of hydrogen-bond donors (Lipinski definition) is 3. The molecule has 1 atom stereocenters. The molecule has 0 aromatic heterocycles. The number of rotatable bonds is 18. The van der Waals surface area contributed by atoms with Crippen molar-refractivity contribution in [3.63, 3.8) is 0 Å². The average molecular weight is 399 g/mol. The summed E-state index contributed by atoms with van der Waals surface area (Å²) in [6.07, 6.45) is 24.6. The van der Waals surface area contributed by atoms with Crippen LogP contribution < -0.4 is 0 Å². The molecule has 0 aliphatic carbocycles. The van der Waals surface area contributed by atoms with E-state index in [-0.39, 0.29) is 6.61 Å². The Bertz CT molecular complexity index is 364. The Morgan fingerprint density at radius 3 is 1.86 bits per heavy atom. The van der Waals surface area contributed by atoms with Gasteiger partial charge in [0.05, 0.1) is 12.7 Å². The van der Waals surface area contributed by atoms with Crippen LogP contribution in [-0.2, 0) is 4.79 Å². The Balaban J connectivity index is 0. The van der Waals surface area contributed by atoms with Gasteiger partial charge in [-0.1, -0.05) is 83.1 Å². The highest BCUT2D eigenvalue weighted by Crippen LogP contribution is 2.08. The molecule has 0 aromatic carbocycles. The van der Waals surface area contributed by atoms with E-state index in [9.17, 15) is 4.79 Å². The van der Waals surface area contributed by atoms with Crippen molar-refractivity contribution in [3.05, 3.63) is 24.3 Å². The first kappa shape index (κ1) is 29.1. The number of carboxylic acids is 1. The van der Waals surface area contributed by atoms with Crippen LogP contribution in [0.1, 0.15) is 110 Å². The van der Waals surface area contributed by atoms with Crippen molar-refractivity contribution >= 4 is 5.97 Å². The van der Waals surface area contributed by atoms with E-state index in [2.05, 4.69) is 38.2 Å². The molecule has 0 aliphatic heterocycles. The summed E-state index contributed by atoms with van der Waals surface area (Å²) in [6, 6.07) is 0. The third kappa shape index (κ3) is 29.6. The number of carbonyl (C=O) groups is 1. The Hall–Kier alpha value is -1.13.